The monoisotopic (exact) mass is 436 g/mol. The van der Waals surface area contributed by atoms with Gasteiger partial charge < -0.3 is 20.7 Å². The molecule has 0 radical (unpaired) electrons. The molecule has 5 nitrogen and oxygen atoms in total. The third-order valence-electron chi connectivity index (χ3n) is 5.98. The van der Waals surface area contributed by atoms with Gasteiger partial charge in [-0.15, -0.1) is 0 Å². The van der Waals surface area contributed by atoms with E-state index in [1.54, 1.807) is 0 Å². The van der Waals surface area contributed by atoms with E-state index in [-0.39, 0.29) is 0 Å². The van der Waals surface area contributed by atoms with Crippen LogP contribution in [0.25, 0.3) is 0 Å². The van der Waals surface area contributed by atoms with Crippen molar-refractivity contribution in [1.29, 1.82) is 0 Å². The van der Waals surface area contributed by atoms with E-state index in [2.05, 4.69) is 66.5 Å². The lowest BCUT2D eigenvalue weighted by atomic mass is 9.90. The maximum absolute atomic E-state index is 5.85. The number of hydrogen-bond acceptors (Lipinski definition) is 3. The topological polar surface area (TPSA) is 62.9 Å². The summed E-state index contributed by atoms with van der Waals surface area (Å²) in [6, 6.07) is 19.1. The number of hydrogen-bond donors (Lipinski definition) is 2. The molecule has 0 amide bonds. The molecule has 3 rings (SSSR count). The van der Waals surface area contributed by atoms with E-state index in [4.69, 9.17) is 15.5 Å². The second kappa shape index (κ2) is 13.1. The van der Waals surface area contributed by atoms with Crippen molar-refractivity contribution in [2.24, 2.45) is 22.6 Å². The predicted molar refractivity (Wildman–Crippen MR) is 135 cm³/mol. The van der Waals surface area contributed by atoms with Gasteiger partial charge in [0.2, 0.25) is 0 Å². The van der Waals surface area contributed by atoms with Crippen LogP contribution in [0.5, 0.6) is 5.75 Å². The molecule has 0 atom stereocenters. The molecule has 2 aromatic rings. The van der Waals surface area contributed by atoms with Crippen molar-refractivity contribution in [3.63, 3.8) is 0 Å². The summed E-state index contributed by atoms with van der Waals surface area (Å²) in [6.45, 7) is 8.66. The van der Waals surface area contributed by atoms with Gasteiger partial charge in [-0.1, -0.05) is 44.2 Å². The van der Waals surface area contributed by atoms with E-state index in [1.165, 1.54) is 24.8 Å². The van der Waals surface area contributed by atoms with Crippen LogP contribution in [0.2, 0.25) is 0 Å². The quantitative estimate of drug-likeness (QED) is 0.306. The highest BCUT2D eigenvalue weighted by Gasteiger charge is 2.22. The van der Waals surface area contributed by atoms with Crippen molar-refractivity contribution in [2.75, 3.05) is 38.1 Å². The normalized spacial score (nSPS) is 15.2. The summed E-state index contributed by atoms with van der Waals surface area (Å²) in [6.07, 6.45) is 5.51. The second-order valence-corrected chi connectivity index (χ2v) is 9.15. The van der Waals surface area contributed by atoms with Gasteiger partial charge >= 0.3 is 0 Å². The van der Waals surface area contributed by atoms with Crippen LogP contribution in [0.3, 0.4) is 0 Å². The van der Waals surface area contributed by atoms with E-state index >= 15 is 0 Å². The molecule has 0 saturated carbocycles. The SMILES string of the molecule is CC(C)CCOc1ccc(NC(=NCCCN)N2CCC(Cc3ccccc3)CC2)cc1. The summed E-state index contributed by atoms with van der Waals surface area (Å²) in [5, 5.41) is 3.55. The lowest BCUT2D eigenvalue weighted by Crippen LogP contribution is -2.42. The smallest absolute Gasteiger partial charge is 0.198 e. The Morgan fingerprint density at radius 3 is 2.47 bits per heavy atom. The average molecular weight is 437 g/mol. The molecule has 0 bridgehead atoms. The highest BCUT2D eigenvalue weighted by atomic mass is 16.5. The second-order valence-electron chi connectivity index (χ2n) is 9.15. The zero-order valence-electron chi connectivity index (χ0n) is 19.8. The number of likely N-dealkylation sites (tertiary alicyclic amines) is 1. The van der Waals surface area contributed by atoms with Crippen LogP contribution in [-0.4, -0.2) is 43.6 Å². The highest BCUT2D eigenvalue weighted by molar-refractivity contribution is 5.93. The third kappa shape index (κ3) is 8.19. The minimum absolute atomic E-state index is 0.653. The van der Waals surface area contributed by atoms with E-state index in [0.29, 0.717) is 12.5 Å². The van der Waals surface area contributed by atoms with Crippen molar-refractivity contribution in [1.82, 2.24) is 4.90 Å². The highest BCUT2D eigenvalue weighted by Crippen LogP contribution is 2.23. The van der Waals surface area contributed by atoms with E-state index < -0.39 is 0 Å². The zero-order valence-corrected chi connectivity index (χ0v) is 19.8. The van der Waals surface area contributed by atoms with Crippen molar-refractivity contribution < 1.29 is 4.74 Å². The van der Waals surface area contributed by atoms with Crippen LogP contribution in [-0.2, 0) is 6.42 Å². The molecular formula is C27H40N4O. The summed E-state index contributed by atoms with van der Waals surface area (Å²) in [5.74, 6) is 3.27. The van der Waals surface area contributed by atoms with Gasteiger partial charge in [0.05, 0.1) is 6.61 Å². The van der Waals surface area contributed by atoms with Crippen LogP contribution in [0, 0.1) is 11.8 Å². The number of piperidine rings is 1. The first kappa shape index (κ1) is 24.1. The summed E-state index contributed by atoms with van der Waals surface area (Å²) in [7, 11) is 0. The maximum Gasteiger partial charge on any atom is 0.198 e. The zero-order chi connectivity index (χ0) is 22.6. The molecule has 32 heavy (non-hydrogen) atoms. The summed E-state index contributed by atoms with van der Waals surface area (Å²) < 4.78 is 5.85. The minimum atomic E-state index is 0.653. The fourth-order valence-corrected chi connectivity index (χ4v) is 3.97. The van der Waals surface area contributed by atoms with Gasteiger partial charge in [0, 0.05) is 25.3 Å². The molecule has 1 aliphatic heterocycles. The molecule has 1 fully saturated rings. The van der Waals surface area contributed by atoms with Crippen molar-refractivity contribution in [3.8, 4) is 5.75 Å². The lowest BCUT2D eigenvalue weighted by Gasteiger charge is -2.34. The first-order chi connectivity index (χ1) is 15.6. The molecule has 0 aliphatic carbocycles. The fourth-order valence-electron chi connectivity index (χ4n) is 3.97. The van der Waals surface area contributed by atoms with E-state index in [9.17, 15) is 0 Å². The Kier molecular flexibility index (Phi) is 9.89. The van der Waals surface area contributed by atoms with Gasteiger partial charge in [-0.2, -0.15) is 0 Å². The number of benzene rings is 2. The Hall–Kier alpha value is -2.53. The van der Waals surface area contributed by atoms with Gasteiger partial charge in [0.1, 0.15) is 5.75 Å². The van der Waals surface area contributed by atoms with Gasteiger partial charge in [0.25, 0.3) is 0 Å². The Labute approximate surface area is 194 Å². The largest absolute Gasteiger partial charge is 0.494 e. The van der Waals surface area contributed by atoms with Crippen molar-refractivity contribution >= 4 is 11.6 Å². The van der Waals surface area contributed by atoms with Crippen LogP contribution in [0.1, 0.15) is 45.1 Å². The molecule has 1 saturated heterocycles. The van der Waals surface area contributed by atoms with Gasteiger partial charge in [-0.05, 0) is 80.3 Å². The Morgan fingerprint density at radius 1 is 1.09 bits per heavy atom. The summed E-state index contributed by atoms with van der Waals surface area (Å²) >= 11 is 0. The Bertz CT molecular complexity index is 796. The van der Waals surface area contributed by atoms with Crippen molar-refractivity contribution in [3.05, 3.63) is 60.2 Å². The lowest BCUT2D eigenvalue weighted by molar-refractivity contribution is 0.264. The van der Waals surface area contributed by atoms with Crippen LogP contribution < -0.4 is 15.8 Å². The standard InChI is InChI=1S/C27H40N4O/c1-22(2)15-20-32-26-11-9-25(10-12-26)30-27(29-17-6-16-28)31-18-13-24(14-19-31)21-23-7-4-3-5-8-23/h3-5,7-12,22,24H,6,13-21,28H2,1-2H3,(H,29,30). The third-order valence-corrected chi connectivity index (χ3v) is 5.98. The molecule has 0 aromatic heterocycles. The van der Waals surface area contributed by atoms with Gasteiger partial charge in [0.15, 0.2) is 5.96 Å². The fraction of sp³-hybridized carbons (Fsp3) is 0.519. The number of anilines is 1. The van der Waals surface area contributed by atoms with Gasteiger partial charge in [-0.3, -0.25) is 4.99 Å². The number of nitrogens with two attached hydrogens (primary N) is 1. The first-order valence-electron chi connectivity index (χ1n) is 12.2. The molecule has 5 heteroatoms. The van der Waals surface area contributed by atoms with E-state index in [1.807, 2.05) is 12.1 Å². The number of nitrogens with zero attached hydrogens (tertiary/aromatic N) is 2. The molecular weight excluding hydrogens is 396 g/mol. The van der Waals surface area contributed by atoms with E-state index in [0.717, 1.165) is 62.4 Å². The minimum Gasteiger partial charge on any atom is -0.494 e. The molecule has 1 aliphatic rings. The average Bonchev–Trinajstić information content (AvgIpc) is 2.81. The number of aliphatic imine (C=N–C) groups is 1. The Balaban J connectivity index is 1.55. The summed E-state index contributed by atoms with van der Waals surface area (Å²) in [5.41, 5.74) is 8.18. The molecule has 174 valence electrons. The van der Waals surface area contributed by atoms with Crippen LogP contribution in [0.15, 0.2) is 59.6 Å². The van der Waals surface area contributed by atoms with Crippen molar-refractivity contribution in [2.45, 2.75) is 46.0 Å². The predicted octanol–water partition coefficient (Wildman–Crippen LogP) is 5.18. The Morgan fingerprint density at radius 2 is 1.81 bits per heavy atom. The summed E-state index contributed by atoms with van der Waals surface area (Å²) in [4.78, 5) is 7.25. The number of guanidine groups is 1. The molecule has 0 spiro atoms. The first-order valence-corrected chi connectivity index (χ1v) is 12.2. The van der Waals surface area contributed by atoms with Crippen LogP contribution >= 0.6 is 0 Å². The molecule has 3 N–H and O–H groups in total. The number of rotatable bonds is 10. The number of nitrogens with one attached hydrogen (secondary N) is 1. The molecule has 2 aromatic carbocycles. The molecule has 0 unspecified atom stereocenters. The maximum atomic E-state index is 5.85. The van der Waals surface area contributed by atoms with Crippen LogP contribution in [0.4, 0.5) is 5.69 Å². The molecule has 1 heterocycles. The van der Waals surface area contributed by atoms with Gasteiger partial charge in [-0.25, -0.2) is 0 Å². The number of ether oxygens (including phenoxy) is 1.